The van der Waals surface area contributed by atoms with Crippen molar-refractivity contribution in [1.82, 2.24) is 0 Å². The molecule has 0 aromatic carbocycles. The van der Waals surface area contributed by atoms with Crippen molar-refractivity contribution in [2.75, 3.05) is 0 Å². The summed E-state index contributed by atoms with van der Waals surface area (Å²) in [7, 11) is 0. The fraction of sp³-hybridized carbons (Fsp3) is 1.00. The molecule has 0 rings (SSSR count). The zero-order valence-corrected chi connectivity index (χ0v) is 14.3. The Morgan fingerprint density at radius 3 is 0.900 bits per heavy atom. The fourth-order valence-corrected chi connectivity index (χ4v) is 58.5. The van der Waals surface area contributed by atoms with Gasteiger partial charge in [0.2, 0.25) is 0 Å². The summed E-state index contributed by atoms with van der Waals surface area (Å²) in [6.45, 7) is 2.52. The van der Waals surface area contributed by atoms with E-state index in [2.05, 4.69) is 36.6 Å². The molecule has 0 amide bonds. The summed E-state index contributed by atoms with van der Waals surface area (Å²) in [6.07, 6.45) is 0. The predicted octanol–water partition coefficient (Wildman–Crippen LogP) is 3.59. The van der Waals surface area contributed by atoms with Crippen LogP contribution in [0.2, 0.25) is 31.6 Å². The molecule has 0 aromatic heterocycles. The van der Waals surface area contributed by atoms with E-state index in [1.54, 1.807) is 0 Å². The molecule has 2 heteroatoms. The van der Waals surface area contributed by atoms with Gasteiger partial charge in [0.15, 0.2) is 0 Å². The SMILES string of the molecule is C[CH]([Sn]([CH3])([CH3])[CH3])[Sn]([CH3])([CH3])[CH3]. The molecule has 0 N–H and O–H groups in total. The van der Waals surface area contributed by atoms with Crippen molar-refractivity contribution in [2.24, 2.45) is 0 Å². The van der Waals surface area contributed by atoms with E-state index in [0.29, 0.717) is 0 Å². The summed E-state index contributed by atoms with van der Waals surface area (Å²) in [5, 5.41) is 0. The molecule has 62 valence electrons. The van der Waals surface area contributed by atoms with E-state index in [-0.39, 0.29) is 0 Å². The first-order chi connectivity index (χ1) is 4.15. The minimum absolute atomic E-state index is 1.18. The molecule has 0 heterocycles. The Hall–Kier alpha value is 1.60. The van der Waals surface area contributed by atoms with Crippen LogP contribution >= 0.6 is 0 Å². The molecule has 10 heavy (non-hydrogen) atoms. The normalized spacial score (nSPS) is 14.4. The monoisotopic (exact) mass is 358 g/mol. The van der Waals surface area contributed by atoms with Crippen LogP contribution in [0.15, 0.2) is 0 Å². The molecule has 0 aliphatic rings. The summed E-state index contributed by atoms with van der Waals surface area (Å²) in [4.78, 5) is 15.4. The molecule has 0 bridgehead atoms. The maximum absolute atomic E-state index is 2.57. The van der Waals surface area contributed by atoms with Gasteiger partial charge in [0, 0.05) is 0 Å². The quantitative estimate of drug-likeness (QED) is 0.664. The van der Waals surface area contributed by atoms with Crippen LogP contribution in [0, 0.1) is 0 Å². The van der Waals surface area contributed by atoms with E-state index < -0.39 is 36.8 Å². The Morgan fingerprint density at radius 2 is 0.900 bits per heavy atom. The van der Waals surface area contributed by atoms with Crippen molar-refractivity contribution in [2.45, 2.75) is 38.5 Å². The van der Waals surface area contributed by atoms with Crippen molar-refractivity contribution in [1.29, 1.82) is 0 Å². The Balaban J connectivity index is 4.23. The molecule has 0 aliphatic heterocycles. The van der Waals surface area contributed by atoms with Crippen molar-refractivity contribution >= 4 is 36.8 Å². The van der Waals surface area contributed by atoms with Crippen LogP contribution in [0.5, 0.6) is 0 Å². The molecule has 0 saturated heterocycles. The molecule has 0 nitrogen and oxygen atoms in total. The molecule has 0 unspecified atom stereocenters. The summed E-state index contributed by atoms with van der Waals surface area (Å²) in [6, 6.07) is 0. The Kier molecular flexibility index (Phi) is 4.11. The minimum atomic E-state index is -1.49. The average molecular weight is 356 g/mol. The third kappa shape index (κ3) is 3.84. The molecule has 0 aliphatic carbocycles. The van der Waals surface area contributed by atoms with E-state index in [1.165, 1.54) is 1.95 Å². The first kappa shape index (κ1) is 11.6. The van der Waals surface area contributed by atoms with E-state index in [0.717, 1.165) is 0 Å². The molecule has 0 atom stereocenters. The third-order valence-corrected chi connectivity index (χ3v) is 50.6. The first-order valence-corrected chi connectivity index (χ1v) is 24.6. The van der Waals surface area contributed by atoms with E-state index in [9.17, 15) is 0 Å². The van der Waals surface area contributed by atoms with Crippen LogP contribution < -0.4 is 0 Å². The summed E-state index contributed by atoms with van der Waals surface area (Å²) in [5.74, 6) is 0. The molecule has 0 saturated carbocycles. The molecule has 0 aromatic rings. The van der Waals surface area contributed by atoms with Gasteiger partial charge < -0.3 is 0 Å². The second kappa shape index (κ2) is 3.54. The van der Waals surface area contributed by atoms with Gasteiger partial charge in [-0.25, -0.2) is 0 Å². The predicted molar refractivity (Wildman–Crippen MR) is 56.1 cm³/mol. The van der Waals surface area contributed by atoms with Crippen LogP contribution in [0.3, 0.4) is 0 Å². The average Bonchev–Trinajstić information content (AvgIpc) is 1.59. The Bertz CT molecular complexity index is 91.4. The van der Waals surface area contributed by atoms with Gasteiger partial charge in [0.25, 0.3) is 0 Å². The molecular weight excluding hydrogens is 334 g/mol. The third-order valence-electron chi connectivity index (χ3n) is 2.60. The van der Waals surface area contributed by atoms with Crippen molar-refractivity contribution in [3.63, 3.8) is 0 Å². The van der Waals surface area contributed by atoms with Gasteiger partial charge in [-0.1, -0.05) is 0 Å². The van der Waals surface area contributed by atoms with Gasteiger partial charge in [-0.15, -0.1) is 0 Å². The molecule has 0 fully saturated rings. The van der Waals surface area contributed by atoms with E-state index in [4.69, 9.17) is 0 Å². The van der Waals surface area contributed by atoms with Crippen molar-refractivity contribution < 1.29 is 0 Å². The van der Waals surface area contributed by atoms with Crippen LogP contribution in [0.25, 0.3) is 0 Å². The number of rotatable bonds is 2. The first-order valence-electron chi connectivity index (χ1n) is 4.15. The zero-order valence-electron chi connectivity index (χ0n) is 8.58. The van der Waals surface area contributed by atoms with Crippen molar-refractivity contribution in [3.05, 3.63) is 0 Å². The maximum atomic E-state index is 2.57. The van der Waals surface area contributed by atoms with Gasteiger partial charge >= 0.3 is 75.3 Å². The van der Waals surface area contributed by atoms with Crippen LogP contribution in [0.4, 0.5) is 0 Å². The summed E-state index contributed by atoms with van der Waals surface area (Å²) < 4.78 is 1.18. The van der Waals surface area contributed by atoms with Gasteiger partial charge in [-0.3, -0.25) is 0 Å². The van der Waals surface area contributed by atoms with E-state index in [1.807, 2.05) is 0 Å². The van der Waals surface area contributed by atoms with Gasteiger partial charge in [-0.2, -0.15) is 0 Å². The van der Waals surface area contributed by atoms with Gasteiger partial charge in [0.05, 0.1) is 0 Å². The Labute approximate surface area is 74.5 Å². The van der Waals surface area contributed by atoms with Crippen LogP contribution in [-0.2, 0) is 0 Å². The second-order valence-corrected chi connectivity index (χ2v) is 42.1. The van der Waals surface area contributed by atoms with Gasteiger partial charge in [0.1, 0.15) is 0 Å². The topological polar surface area (TPSA) is 0 Å². The standard InChI is InChI=1S/C2H4.6CH3.2Sn/c1-2;;;;;;;;/h1H,2H3;6*1H3;;. The Morgan fingerprint density at radius 1 is 0.700 bits per heavy atom. The zero-order chi connectivity index (χ0) is 8.58. The van der Waals surface area contributed by atoms with Crippen LogP contribution in [0.1, 0.15) is 6.92 Å². The summed E-state index contributed by atoms with van der Waals surface area (Å²) >= 11 is -2.98. The number of hydrogen-bond acceptors (Lipinski definition) is 0. The second-order valence-electron chi connectivity index (χ2n) is 5.45. The van der Waals surface area contributed by atoms with Gasteiger partial charge in [-0.05, 0) is 0 Å². The van der Waals surface area contributed by atoms with E-state index >= 15 is 0 Å². The van der Waals surface area contributed by atoms with Crippen LogP contribution in [-0.4, -0.2) is 36.8 Å². The summed E-state index contributed by atoms with van der Waals surface area (Å²) in [5.41, 5.74) is 0. The van der Waals surface area contributed by atoms with Crippen molar-refractivity contribution in [3.8, 4) is 0 Å². The fourth-order valence-electron chi connectivity index (χ4n) is 1.30. The molecular formula is C8H22Sn2. The molecule has 0 spiro atoms. The number of hydrogen-bond donors (Lipinski definition) is 0. The molecule has 0 radical (unpaired) electrons.